The third-order valence-corrected chi connectivity index (χ3v) is 6.60. The molecule has 0 aliphatic carbocycles. The molecule has 4 aromatic carbocycles. The number of rotatable bonds is 8. The molecule has 5 rings (SSSR count). The second kappa shape index (κ2) is 12.1. The maximum Gasteiger partial charge on any atom is 0.343 e. The Balaban J connectivity index is 1.42. The first-order valence-corrected chi connectivity index (χ1v) is 13.1. The molecule has 0 bridgehead atoms. The lowest BCUT2D eigenvalue weighted by atomic mass is 10.0. The zero-order valence-corrected chi connectivity index (χ0v) is 22.8. The summed E-state index contributed by atoms with van der Waals surface area (Å²) in [5.74, 6) is -0.0605. The molecule has 9 heteroatoms. The molecule has 1 amide bonds. The van der Waals surface area contributed by atoms with Crippen LogP contribution in [-0.2, 0) is 0 Å². The van der Waals surface area contributed by atoms with E-state index in [1.807, 2.05) is 43.3 Å². The van der Waals surface area contributed by atoms with Crippen LogP contribution in [0.5, 0.6) is 11.5 Å². The molecule has 0 saturated carbocycles. The fourth-order valence-electron chi connectivity index (χ4n) is 4.18. The van der Waals surface area contributed by atoms with Crippen LogP contribution in [0.2, 0.25) is 10.0 Å². The summed E-state index contributed by atoms with van der Waals surface area (Å²) in [6.45, 7) is 2.42. The van der Waals surface area contributed by atoms with Crippen LogP contribution >= 0.6 is 23.2 Å². The zero-order chi connectivity index (χ0) is 28.1. The number of H-pyrrole nitrogens is 1. The van der Waals surface area contributed by atoms with Crippen molar-refractivity contribution in [2.75, 3.05) is 6.61 Å². The van der Waals surface area contributed by atoms with E-state index in [1.54, 1.807) is 54.6 Å². The minimum atomic E-state index is -0.546. The highest BCUT2D eigenvalue weighted by Crippen LogP contribution is 2.38. The lowest BCUT2D eigenvalue weighted by molar-refractivity contribution is 0.0734. The van der Waals surface area contributed by atoms with Gasteiger partial charge in [-0.25, -0.2) is 10.2 Å². The molecule has 0 unspecified atom stereocenters. The fraction of sp³-hybridized carbons (Fsp3) is 0.0645. The van der Waals surface area contributed by atoms with Gasteiger partial charge in [0.15, 0.2) is 0 Å². The van der Waals surface area contributed by atoms with E-state index in [2.05, 4.69) is 15.5 Å². The molecule has 200 valence electrons. The number of benzene rings is 4. The second-order valence-electron chi connectivity index (χ2n) is 8.63. The van der Waals surface area contributed by atoms with Crippen molar-refractivity contribution in [3.05, 3.63) is 118 Å². The average Bonchev–Trinajstić information content (AvgIpc) is 3.33. The number of halogens is 2. The summed E-state index contributed by atoms with van der Waals surface area (Å²) in [6, 6.07) is 26.1. The molecule has 2 N–H and O–H groups in total. The summed E-state index contributed by atoms with van der Waals surface area (Å²) in [5, 5.41) is 5.93. The van der Waals surface area contributed by atoms with Crippen LogP contribution in [0.25, 0.3) is 22.0 Å². The highest BCUT2D eigenvalue weighted by Gasteiger charge is 2.21. The molecule has 1 heterocycles. The highest BCUT2D eigenvalue weighted by atomic mass is 35.5. The molecule has 0 fully saturated rings. The largest absolute Gasteiger partial charge is 0.494 e. The second-order valence-corrected chi connectivity index (χ2v) is 9.47. The van der Waals surface area contributed by atoms with E-state index in [0.29, 0.717) is 44.7 Å². The summed E-state index contributed by atoms with van der Waals surface area (Å²) in [7, 11) is 0. The van der Waals surface area contributed by atoms with Crippen molar-refractivity contribution in [1.82, 2.24) is 10.4 Å². The number of fused-ring (bicyclic) bond motifs is 1. The number of amides is 1. The van der Waals surface area contributed by atoms with Gasteiger partial charge in [-0.2, -0.15) is 5.10 Å². The lowest BCUT2D eigenvalue weighted by Gasteiger charge is -2.08. The number of para-hydroxylation sites is 1. The summed E-state index contributed by atoms with van der Waals surface area (Å²) in [6.07, 6.45) is 1.41. The van der Waals surface area contributed by atoms with E-state index in [1.165, 1.54) is 6.21 Å². The molecular weight excluding hydrogens is 549 g/mol. The normalized spacial score (nSPS) is 11.1. The monoisotopic (exact) mass is 571 g/mol. The standard InChI is InChI=1S/C31H23Cl2N3O4/c1-2-39-22-15-16-26-24(17-22)28(23-8-4-5-9-25(23)33)29(35-26)30(37)36-34-18-20-7-3-6-10-27(20)40-31(38)19-11-13-21(32)14-12-19/h3-18,35H,2H2,1H3,(H,36,37). The average molecular weight is 572 g/mol. The number of carbonyl (C=O) groups excluding carboxylic acids is 2. The van der Waals surface area contributed by atoms with Gasteiger partial charge >= 0.3 is 5.97 Å². The number of carbonyl (C=O) groups is 2. The highest BCUT2D eigenvalue weighted by molar-refractivity contribution is 6.34. The van der Waals surface area contributed by atoms with E-state index >= 15 is 0 Å². The maximum absolute atomic E-state index is 13.4. The molecule has 1 aromatic heterocycles. The molecule has 0 radical (unpaired) electrons. The number of hydrogen-bond acceptors (Lipinski definition) is 5. The van der Waals surface area contributed by atoms with E-state index in [0.717, 1.165) is 10.9 Å². The summed E-state index contributed by atoms with van der Waals surface area (Å²) >= 11 is 12.4. The quantitative estimate of drug-likeness (QED) is 0.0871. The first-order valence-electron chi connectivity index (χ1n) is 12.4. The van der Waals surface area contributed by atoms with E-state index in [4.69, 9.17) is 32.7 Å². The number of hydrogen-bond donors (Lipinski definition) is 2. The van der Waals surface area contributed by atoms with Gasteiger partial charge in [-0.05, 0) is 67.6 Å². The summed E-state index contributed by atoms with van der Waals surface area (Å²) in [5.41, 5.74) is 5.77. The van der Waals surface area contributed by atoms with E-state index in [9.17, 15) is 9.59 Å². The molecule has 0 aliphatic heterocycles. The van der Waals surface area contributed by atoms with Gasteiger partial charge in [0.1, 0.15) is 17.2 Å². The van der Waals surface area contributed by atoms with Gasteiger partial charge in [-0.1, -0.05) is 53.5 Å². The number of nitrogens with one attached hydrogen (secondary N) is 2. The van der Waals surface area contributed by atoms with Crippen molar-refractivity contribution >= 4 is 52.2 Å². The first-order chi connectivity index (χ1) is 19.4. The Morgan fingerprint density at radius 3 is 2.48 bits per heavy atom. The Bertz CT molecular complexity index is 1730. The van der Waals surface area contributed by atoms with E-state index in [-0.39, 0.29) is 11.4 Å². The SMILES string of the molecule is CCOc1ccc2[nH]c(C(=O)NN=Cc3ccccc3OC(=O)c3ccc(Cl)cc3)c(-c3ccccc3Cl)c2c1. The predicted octanol–water partition coefficient (Wildman–Crippen LogP) is 7.52. The van der Waals surface area contributed by atoms with Crippen LogP contribution in [0.15, 0.2) is 96.1 Å². The Morgan fingerprint density at radius 2 is 1.70 bits per heavy atom. The van der Waals surface area contributed by atoms with Crippen molar-refractivity contribution in [2.24, 2.45) is 5.10 Å². The summed E-state index contributed by atoms with van der Waals surface area (Å²) in [4.78, 5) is 29.1. The number of esters is 1. The van der Waals surface area contributed by atoms with E-state index < -0.39 is 11.9 Å². The maximum atomic E-state index is 13.4. The Morgan fingerprint density at radius 1 is 0.950 bits per heavy atom. The van der Waals surface area contributed by atoms with Gasteiger partial charge in [0.2, 0.25) is 0 Å². The van der Waals surface area contributed by atoms with Crippen molar-refractivity contribution in [3.63, 3.8) is 0 Å². The van der Waals surface area contributed by atoms with Crippen molar-refractivity contribution < 1.29 is 19.1 Å². The van der Waals surface area contributed by atoms with Gasteiger partial charge in [0, 0.05) is 37.6 Å². The minimum Gasteiger partial charge on any atom is -0.494 e. The lowest BCUT2D eigenvalue weighted by Crippen LogP contribution is -2.19. The van der Waals surface area contributed by atoms with Crippen LogP contribution in [0, 0.1) is 0 Å². The van der Waals surface area contributed by atoms with Crippen molar-refractivity contribution in [2.45, 2.75) is 6.92 Å². The van der Waals surface area contributed by atoms with Gasteiger partial charge in [-0.15, -0.1) is 0 Å². The topological polar surface area (TPSA) is 92.8 Å². The summed E-state index contributed by atoms with van der Waals surface area (Å²) < 4.78 is 11.2. The third kappa shape index (κ3) is 5.86. The van der Waals surface area contributed by atoms with Gasteiger partial charge in [0.05, 0.1) is 18.4 Å². The molecule has 7 nitrogen and oxygen atoms in total. The number of ether oxygens (including phenoxy) is 2. The van der Waals surface area contributed by atoms with Crippen LogP contribution in [0.3, 0.4) is 0 Å². The number of aromatic nitrogens is 1. The van der Waals surface area contributed by atoms with Gasteiger partial charge < -0.3 is 14.5 Å². The van der Waals surface area contributed by atoms with Crippen molar-refractivity contribution in [1.29, 1.82) is 0 Å². The Labute approximate surface area is 240 Å². The van der Waals surface area contributed by atoms with Gasteiger partial charge in [0.25, 0.3) is 5.91 Å². The van der Waals surface area contributed by atoms with Gasteiger partial charge in [-0.3, -0.25) is 4.79 Å². The fourth-order valence-corrected chi connectivity index (χ4v) is 4.54. The number of hydrazone groups is 1. The molecule has 0 saturated heterocycles. The molecule has 40 heavy (non-hydrogen) atoms. The third-order valence-electron chi connectivity index (χ3n) is 6.02. The Kier molecular flexibility index (Phi) is 8.15. The van der Waals surface area contributed by atoms with Crippen molar-refractivity contribution in [3.8, 4) is 22.6 Å². The van der Waals surface area contributed by atoms with Crippen LogP contribution in [0.1, 0.15) is 33.3 Å². The van der Waals surface area contributed by atoms with Crippen LogP contribution in [0.4, 0.5) is 0 Å². The molecule has 0 aliphatic rings. The molecule has 0 spiro atoms. The molecular formula is C31H23Cl2N3O4. The molecule has 0 atom stereocenters. The first kappa shape index (κ1) is 27.0. The molecule has 5 aromatic rings. The smallest absolute Gasteiger partial charge is 0.343 e. The Hall–Kier alpha value is -4.59. The predicted molar refractivity (Wildman–Crippen MR) is 158 cm³/mol. The van der Waals surface area contributed by atoms with Crippen LogP contribution < -0.4 is 14.9 Å². The number of nitrogens with zero attached hydrogens (tertiary/aromatic N) is 1. The zero-order valence-electron chi connectivity index (χ0n) is 21.3. The van der Waals surface area contributed by atoms with Crippen LogP contribution in [-0.4, -0.2) is 29.7 Å². The minimum absolute atomic E-state index is 0.284. The number of aromatic amines is 1.